The fourth-order valence-electron chi connectivity index (χ4n) is 3.57. The molecule has 0 radical (unpaired) electrons. The predicted octanol–water partition coefficient (Wildman–Crippen LogP) is 3.99. The van der Waals surface area contributed by atoms with Crippen LogP contribution >= 0.6 is 11.6 Å². The molecule has 0 aliphatic carbocycles. The first kappa shape index (κ1) is 22.6. The first-order valence-corrected chi connectivity index (χ1v) is 10.8. The minimum absolute atomic E-state index is 0.238. The second kappa shape index (κ2) is 9.94. The van der Waals surface area contributed by atoms with Gasteiger partial charge < -0.3 is 24.1 Å². The van der Waals surface area contributed by atoms with Gasteiger partial charge in [-0.25, -0.2) is 4.79 Å². The van der Waals surface area contributed by atoms with Crippen molar-refractivity contribution in [3.8, 4) is 11.5 Å². The lowest BCUT2D eigenvalue weighted by Gasteiger charge is -2.13. The average Bonchev–Trinajstić information content (AvgIpc) is 2.80. The van der Waals surface area contributed by atoms with Gasteiger partial charge in [0.05, 0.1) is 5.69 Å². The largest absolute Gasteiger partial charge is 0.503 e. The molecule has 0 fully saturated rings. The van der Waals surface area contributed by atoms with E-state index in [1.54, 1.807) is 29.8 Å². The van der Waals surface area contributed by atoms with Gasteiger partial charge >= 0.3 is 5.63 Å². The molecule has 4 rings (SSSR count). The molecule has 170 valence electrons. The maximum atomic E-state index is 12.1. The van der Waals surface area contributed by atoms with Crippen molar-refractivity contribution < 1.29 is 14.3 Å². The third kappa shape index (κ3) is 5.45. The summed E-state index contributed by atoms with van der Waals surface area (Å²) in [5.74, 6) is 0.349. The summed E-state index contributed by atoms with van der Waals surface area (Å²) in [6, 6.07) is 15.6. The number of aromatic nitrogens is 1. The SMILES string of the molecule is Cc1c(O)c(=O)ccn1CCNCc1cc(=O)oc2cc(OCc3cccc(Cl)c3)ccc12. The molecule has 0 bridgehead atoms. The maximum absolute atomic E-state index is 12.1. The van der Waals surface area contributed by atoms with E-state index in [4.69, 9.17) is 20.8 Å². The van der Waals surface area contributed by atoms with E-state index in [1.807, 2.05) is 30.3 Å². The molecular formula is C25H23ClN2O5. The van der Waals surface area contributed by atoms with E-state index < -0.39 is 11.1 Å². The number of fused-ring (bicyclic) bond motifs is 1. The Morgan fingerprint density at radius 1 is 1.12 bits per heavy atom. The van der Waals surface area contributed by atoms with Gasteiger partial charge in [-0.1, -0.05) is 23.7 Å². The number of nitrogens with zero attached hydrogens (tertiary/aromatic N) is 1. The van der Waals surface area contributed by atoms with Gasteiger partial charge in [-0.3, -0.25) is 4.79 Å². The van der Waals surface area contributed by atoms with Crippen molar-refractivity contribution in [1.82, 2.24) is 9.88 Å². The van der Waals surface area contributed by atoms with Crippen molar-refractivity contribution in [3.05, 3.63) is 103 Å². The lowest BCUT2D eigenvalue weighted by atomic mass is 10.1. The Bertz CT molecular complexity index is 1410. The highest BCUT2D eigenvalue weighted by Crippen LogP contribution is 2.24. The second-order valence-electron chi connectivity index (χ2n) is 7.65. The van der Waals surface area contributed by atoms with Crippen LogP contribution in [0.1, 0.15) is 16.8 Å². The van der Waals surface area contributed by atoms with Gasteiger partial charge in [0.2, 0.25) is 5.43 Å². The average molecular weight is 467 g/mol. The van der Waals surface area contributed by atoms with Crippen molar-refractivity contribution in [1.29, 1.82) is 0 Å². The van der Waals surface area contributed by atoms with Crippen LogP contribution in [0, 0.1) is 6.92 Å². The first-order chi connectivity index (χ1) is 15.9. The number of nitrogens with one attached hydrogen (secondary N) is 1. The Kier molecular flexibility index (Phi) is 6.82. The molecule has 8 heteroatoms. The van der Waals surface area contributed by atoms with E-state index in [9.17, 15) is 14.7 Å². The molecule has 2 aromatic heterocycles. The van der Waals surface area contributed by atoms with Crippen LogP contribution < -0.4 is 21.1 Å². The summed E-state index contributed by atoms with van der Waals surface area (Å²) in [6.07, 6.45) is 1.65. The highest BCUT2D eigenvalue weighted by molar-refractivity contribution is 6.30. The first-order valence-electron chi connectivity index (χ1n) is 10.4. The van der Waals surface area contributed by atoms with Gasteiger partial charge in [0, 0.05) is 54.4 Å². The molecule has 0 aliphatic heterocycles. The summed E-state index contributed by atoms with van der Waals surface area (Å²) in [6.45, 7) is 3.62. The number of hydrogen-bond acceptors (Lipinski definition) is 6. The number of ether oxygens (including phenoxy) is 1. The zero-order chi connectivity index (χ0) is 23.4. The standard InChI is InChI=1S/C25H23ClN2O5/c1-16-25(31)22(29)7-9-28(16)10-8-27-14-18-12-24(30)33-23-13-20(5-6-21(18)23)32-15-17-3-2-4-19(26)11-17/h2-7,9,11-13,27,31H,8,10,14-15H2,1H3. The second-order valence-corrected chi connectivity index (χ2v) is 8.09. The lowest BCUT2D eigenvalue weighted by molar-refractivity contribution is 0.306. The van der Waals surface area contributed by atoms with Gasteiger partial charge in [0.25, 0.3) is 0 Å². The van der Waals surface area contributed by atoms with Crippen molar-refractivity contribution >= 4 is 22.6 Å². The number of rotatable bonds is 8. The fraction of sp³-hybridized carbons (Fsp3) is 0.200. The van der Waals surface area contributed by atoms with Crippen LogP contribution in [-0.2, 0) is 19.7 Å². The molecule has 2 heterocycles. The Balaban J connectivity index is 1.43. The maximum Gasteiger partial charge on any atom is 0.336 e. The number of aromatic hydroxyl groups is 1. The summed E-state index contributed by atoms with van der Waals surface area (Å²) in [7, 11) is 0. The van der Waals surface area contributed by atoms with Crippen molar-refractivity contribution in [2.75, 3.05) is 6.54 Å². The molecular weight excluding hydrogens is 444 g/mol. The molecule has 0 spiro atoms. The van der Waals surface area contributed by atoms with Crippen LogP contribution in [0.4, 0.5) is 0 Å². The normalized spacial score (nSPS) is 11.1. The molecule has 2 N–H and O–H groups in total. The lowest BCUT2D eigenvalue weighted by Crippen LogP contribution is -2.22. The number of benzene rings is 2. The molecule has 33 heavy (non-hydrogen) atoms. The monoisotopic (exact) mass is 466 g/mol. The Labute approximate surface area is 194 Å². The number of hydrogen-bond donors (Lipinski definition) is 2. The van der Waals surface area contributed by atoms with Crippen LogP contribution in [0.5, 0.6) is 11.5 Å². The van der Waals surface area contributed by atoms with E-state index >= 15 is 0 Å². The van der Waals surface area contributed by atoms with Crippen LogP contribution in [0.15, 0.2) is 74.8 Å². The van der Waals surface area contributed by atoms with Gasteiger partial charge in [-0.15, -0.1) is 0 Å². The summed E-state index contributed by atoms with van der Waals surface area (Å²) in [5.41, 5.74) is 1.88. The Morgan fingerprint density at radius 3 is 2.79 bits per heavy atom. The van der Waals surface area contributed by atoms with E-state index in [-0.39, 0.29) is 5.75 Å². The molecule has 7 nitrogen and oxygen atoms in total. The minimum Gasteiger partial charge on any atom is -0.503 e. The Hall–Kier alpha value is -3.55. The van der Waals surface area contributed by atoms with Gasteiger partial charge in [-0.05, 0) is 42.3 Å². The molecule has 0 saturated carbocycles. The van der Waals surface area contributed by atoms with E-state index in [0.717, 1.165) is 16.5 Å². The summed E-state index contributed by atoms with van der Waals surface area (Å²) < 4.78 is 13.0. The zero-order valence-electron chi connectivity index (χ0n) is 18.0. The van der Waals surface area contributed by atoms with Crippen LogP contribution in [0.3, 0.4) is 0 Å². The van der Waals surface area contributed by atoms with Crippen LogP contribution in [0.25, 0.3) is 11.0 Å². The topological polar surface area (TPSA) is 93.7 Å². The third-order valence-corrected chi connectivity index (χ3v) is 5.59. The zero-order valence-corrected chi connectivity index (χ0v) is 18.8. The third-order valence-electron chi connectivity index (χ3n) is 5.35. The molecule has 0 unspecified atom stereocenters. The molecule has 2 aromatic carbocycles. The molecule has 0 saturated heterocycles. The van der Waals surface area contributed by atoms with Crippen molar-refractivity contribution in [2.24, 2.45) is 0 Å². The molecule has 0 aliphatic rings. The molecule has 4 aromatic rings. The van der Waals surface area contributed by atoms with Gasteiger partial charge in [0.15, 0.2) is 5.75 Å². The molecule has 0 amide bonds. The predicted molar refractivity (Wildman–Crippen MR) is 127 cm³/mol. The molecule has 0 atom stereocenters. The van der Waals surface area contributed by atoms with Gasteiger partial charge in [0.1, 0.15) is 17.9 Å². The summed E-state index contributed by atoms with van der Waals surface area (Å²) >= 11 is 6.01. The Morgan fingerprint density at radius 2 is 1.97 bits per heavy atom. The van der Waals surface area contributed by atoms with Gasteiger partial charge in [-0.2, -0.15) is 0 Å². The minimum atomic E-state index is -0.438. The number of pyridine rings is 1. The van der Waals surface area contributed by atoms with E-state index in [1.165, 1.54) is 12.1 Å². The quantitative estimate of drug-likeness (QED) is 0.301. The highest BCUT2D eigenvalue weighted by Gasteiger charge is 2.09. The smallest absolute Gasteiger partial charge is 0.336 e. The van der Waals surface area contributed by atoms with Crippen molar-refractivity contribution in [2.45, 2.75) is 26.6 Å². The van der Waals surface area contributed by atoms with E-state index in [2.05, 4.69) is 5.32 Å². The fourth-order valence-corrected chi connectivity index (χ4v) is 3.78. The van der Waals surface area contributed by atoms with Crippen LogP contribution in [-0.4, -0.2) is 16.2 Å². The van der Waals surface area contributed by atoms with Crippen LogP contribution in [0.2, 0.25) is 5.02 Å². The highest BCUT2D eigenvalue weighted by atomic mass is 35.5. The van der Waals surface area contributed by atoms with Crippen molar-refractivity contribution in [3.63, 3.8) is 0 Å². The van der Waals surface area contributed by atoms with E-state index in [0.29, 0.717) is 48.3 Å². The summed E-state index contributed by atoms with van der Waals surface area (Å²) in [4.78, 5) is 23.6. The summed E-state index contributed by atoms with van der Waals surface area (Å²) in [5, 5.41) is 14.5. The number of halogens is 1.